The van der Waals surface area contributed by atoms with Gasteiger partial charge in [-0.3, -0.25) is 4.79 Å². The van der Waals surface area contributed by atoms with Crippen LogP contribution in [0.3, 0.4) is 0 Å². The normalized spacial score (nSPS) is 12.2. The Hall–Kier alpha value is -1.13. The van der Waals surface area contributed by atoms with Crippen molar-refractivity contribution in [3.8, 4) is 0 Å². The van der Waals surface area contributed by atoms with Crippen molar-refractivity contribution in [3.05, 3.63) is 29.0 Å². The van der Waals surface area contributed by atoms with Gasteiger partial charge in [0.15, 0.2) is 0 Å². The molecular weight excluding hydrogens is 240 g/mol. The molecule has 0 saturated carbocycles. The lowest BCUT2D eigenvalue weighted by molar-refractivity contribution is 0.0943. The summed E-state index contributed by atoms with van der Waals surface area (Å²) in [4.78, 5) is 15.6. The van der Waals surface area contributed by atoms with Crippen LogP contribution in [0.2, 0.25) is 5.15 Å². The Morgan fingerprint density at radius 1 is 1.65 bits per heavy atom. The largest absolute Gasteiger partial charge is 0.396 e. The molecule has 1 rings (SSSR count). The number of carbonyl (C=O) groups excluding carboxylic acids is 1. The first kappa shape index (κ1) is 13.9. The monoisotopic (exact) mass is 256 g/mol. The van der Waals surface area contributed by atoms with Crippen molar-refractivity contribution in [2.75, 3.05) is 13.2 Å². The maximum absolute atomic E-state index is 11.8. The molecule has 17 heavy (non-hydrogen) atoms. The zero-order valence-corrected chi connectivity index (χ0v) is 10.6. The van der Waals surface area contributed by atoms with Gasteiger partial charge in [-0.15, -0.1) is 0 Å². The van der Waals surface area contributed by atoms with E-state index < -0.39 is 0 Å². The fraction of sp³-hybridized carbons (Fsp3) is 0.500. The van der Waals surface area contributed by atoms with Gasteiger partial charge in [0.1, 0.15) is 5.15 Å². The molecule has 94 valence electrons. The summed E-state index contributed by atoms with van der Waals surface area (Å²) in [6.07, 6.45) is 3.13. The lowest BCUT2D eigenvalue weighted by Gasteiger charge is -2.14. The third-order valence-electron chi connectivity index (χ3n) is 2.65. The van der Waals surface area contributed by atoms with Crippen LogP contribution in [-0.2, 0) is 0 Å². The Labute approximate surface area is 106 Å². The summed E-state index contributed by atoms with van der Waals surface area (Å²) in [6.45, 7) is 2.75. The molecule has 0 saturated heterocycles. The molecule has 0 bridgehead atoms. The summed E-state index contributed by atoms with van der Waals surface area (Å²) in [5, 5.41) is 12.0. The number of aliphatic hydroxyl groups excluding tert-OH is 1. The van der Waals surface area contributed by atoms with Crippen LogP contribution in [0.4, 0.5) is 0 Å². The number of aromatic nitrogens is 1. The summed E-state index contributed by atoms with van der Waals surface area (Å²) in [6, 6.07) is 3.15. The second kappa shape index (κ2) is 7.25. The Morgan fingerprint density at radius 2 is 2.41 bits per heavy atom. The number of aliphatic hydroxyl groups is 1. The number of nitrogens with zero attached hydrogens (tertiary/aromatic N) is 1. The van der Waals surface area contributed by atoms with Gasteiger partial charge in [-0.1, -0.05) is 24.9 Å². The Balaban J connectivity index is 2.49. The standard InChI is InChI=1S/C12H17ClN2O2/c1-2-9(4-6-16)8-15-12(17)10-3-5-14-11(13)7-10/h3,5,7,9,16H,2,4,6,8H2,1H3,(H,15,17). The molecule has 2 N–H and O–H groups in total. The van der Waals surface area contributed by atoms with Crippen LogP contribution < -0.4 is 5.32 Å². The van der Waals surface area contributed by atoms with Crippen molar-refractivity contribution >= 4 is 17.5 Å². The molecule has 0 fully saturated rings. The molecule has 1 aromatic rings. The second-order valence-electron chi connectivity index (χ2n) is 3.86. The Bertz CT molecular complexity index is 371. The number of nitrogens with one attached hydrogen (secondary N) is 1. The first-order chi connectivity index (χ1) is 8.17. The highest BCUT2D eigenvalue weighted by Gasteiger charge is 2.10. The van der Waals surface area contributed by atoms with Crippen LogP contribution in [0.5, 0.6) is 0 Å². The number of hydrogen-bond acceptors (Lipinski definition) is 3. The number of halogens is 1. The van der Waals surface area contributed by atoms with Gasteiger partial charge in [-0.2, -0.15) is 0 Å². The predicted molar refractivity (Wildman–Crippen MR) is 67.1 cm³/mol. The van der Waals surface area contributed by atoms with Crippen LogP contribution in [-0.4, -0.2) is 29.1 Å². The summed E-state index contributed by atoms with van der Waals surface area (Å²) in [5.41, 5.74) is 0.504. The summed E-state index contributed by atoms with van der Waals surface area (Å²) in [7, 11) is 0. The smallest absolute Gasteiger partial charge is 0.251 e. The van der Waals surface area contributed by atoms with E-state index in [4.69, 9.17) is 16.7 Å². The zero-order valence-electron chi connectivity index (χ0n) is 9.82. The van der Waals surface area contributed by atoms with Crippen LogP contribution >= 0.6 is 11.6 Å². The average molecular weight is 257 g/mol. The highest BCUT2D eigenvalue weighted by molar-refractivity contribution is 6.29. The molecule has 0 aromatic carbocycles. The molecule has 1 unspecified atom stereocenters. The fourth-order valence-electron chi connectivity index (χ4n) is 1.52. The maximum Gasteiger partial charge on any atom is 0.251 e. The molecule has 0 spiro atoms. The Kier molecular flexibility index (Phi) is 5.94. The van der Waals surface area contributed by atoms with E-state index >= 15 is 0 Å². The SMILES string of the molecule is CCC(CCO)CNC(=O)c1ccnc(Cl)c1. The van der Waals surface area contributed by atoms with Crippen molar-refractivity contribution in [2.24, 2.45) is 5.92 Å². The van der Waals surface area contributed by atoms with Crippen LogP contribution in [0.1, 0.15) is 30.1 Å². The number of carbonyl (C=O) groups is 1. The van der Waals surface area contributed by atoms with Gasteiger partial charge in [0.2, 0.25) is 0 Å². The molecule has 0 radical (unpaired) electrons. The van der Waals surface area contributed by atoms with E-state index in [0.29, 0.717) is 29.6 Å². The minimum absolute atomic E-state index is 0.148. The van der Waals surface area contributed by atoms with E-state index in [2.05, 4.69) is 10.3 Å². The van der Waals surface area contributed by atoms with Gasteiger partial charge >= 0.3 is 0 Å². The van der Waals surface area contributed by atoms with E-state index in [1.54, 1.807) is 6.07 Å². The lowest BCUT2D eigenvalue weighted by Crippen LogP contribution is -2.29. The lowest BCUT2D eigenvalue weighted by atomic mass is 10.0. The van der Waals surface area contributed by atoms with E-state index in [1.807, 2.05) is 6.92 Å². The van der Waals surface area contributed by atoms with E-state index in [0.717, 1.165) is 6.42 Å². The van der Waals surface area contributed by atoms with Crippen LogP contribution in [0.15, 0.2) is 18.3 Å². The molecule has 1 heterocycles. The van der Waals surface area contributed by atoms with Crippen molar-refractivity contribution in [1.82, 2.24) is 10.3 Å². The average Bonchev–Trinajstić information content (AvgIpc) is 2.34. The van der Waals surface area contributed by atoms with E-state index in [1.165, 1.54) is 12.3 Å². The van der Waals surface area contributed by atoms with Gasteiger partial charge in [0, 0.05) is 24.9 Å². The Morgan fingerprint density at radius 3 is 3.00 bits per heavy atom. The van der Waals surface area contributed by atoms with Crippen molar-refractivity contribution in [3.63, 3.8) is 0 Å². The number of amides is 1. The van der Waals surface area contributed by atoms with Gasteiger partial charge in [0.05, 0.1) is 0 Å². The molecule has 1 aromatic heterocycles. The molecular formula is C12H17ClN2O2. The minimum atomic E-state index is -0.161. The highest BCUT2D eigenvalue weighted by Crippen LogP contribution is 2.09. The number of rotatable bonds is 6. The molecule has 0 aliphatic carbocycles. The molecule has 0 aliphatic rings. The fourth-order valence-corrected chi connectivity index (χ4v) is 1.69. The molecule has 4 nitrogen and oxygen atoms in total. The zero-order chi connectivity index (χ0) is 12.7. The van der Waals surface area contributed by atoms with Crippen LogP contribution in [0, 0.1) is 5.92 Å². The van der Waals surface area contributed by atoms with Gasteiger partial charge < -0.3 is 10.4 Å². The van der Waals surface area contributed by atoms with Gasteiger partial charge in [-0.25, -0.2) is 4.98 Å². The third kappa shape index (κ3) is 4.71. The van der Waals surface area contributed by atoms with Crippen molar-refractivity contribution in [1.29, 1.82) is 0 Å². The first-order valence-electron chi connectivity index (χ1n) is 5.68. The molecule has 0 aliphatic heterocycles. The molecule has 5 heteroatoms. The maximum atomic E-state index is 11.8. The predicted octanol–water partition coefficient (Wildman–Crippen LogP) is 1.87. The molecule has 1 atom stereocenters. The van der Waals surface area contributed by atoms with Gasteiger partial charge in [0.25, 0.3) is 5.91 Å². The van der Waals surface area contributed by atoms with Crippen molar-refractivity contribution < 1.29 is 9.90 Å². The van der Waals surface area contributed by atoms with E-state index in [9.17, 15) is 4.79 Å². The minimum Gasteiger partial charge on any atom is -0.396 e. The summed E-state index contributed by atoms with van der Waals surface area (Å²) in [5.74, 6) is 0.145. The topological polar surface area (TPSA) is 62.2 Å². The summed E-state index contributed by atoms with van der Waals surface area (Å²) >= 11 is 5.70. The van der Waals surface area contributed by atoms with Crippen molar-refractivity contribution in [2.45, 2.75) is 19.8 Å². The first-order valence-corrected chi connectivity index (χ1v) is 6.05. The second-order valence-corrected chi connectivity index (χ2v) is 4.25. The van der Waals surface area contributed by atoms with E-state index in [-0.39, 0.29) is 12.5 Å². The van der Waals surface area contributed by atoms with Crippen LogP contribution in [0.25, 0.3) is 0 Å². The molecule has 1 amide bonds. The van der Waals surface area contributed by atoms with Gasteiger partial charge in [-0.05, 0) is 24.5 Å². The third-order valence-corrected chi connectivity index (χ3v) is 2.86. The number of pyridine rings is 1. The quantitative estimate of drug-likeness (QED) is 0.764. The number of hydrogen-bond donors (Lipinski definition) is 2. The highest BCUT2D eigenvalue weighted by atomic mass is 35.5. The summed E-state index contributed by atoms with van der Waals surface area (Å²) < 4.78 is 0.